The van der Waals surface area contributed by atoms with E-state index in [1.54, 1.807) is 10.9 Å². The Bertz CT molecular complexity index is 366. The molecule has 1 aromatic rings. The van der Waals surface area contributed by atoms with Gasteiger partial charge in [0.2, 0.25) is 0 Å². The van der Waals surface area contributed by atoms with Gasteiger partial charge in [-0.2, -0.15) is 0 Å². The lowest BCUT2D eigenvalue weighted by atomic mass is 10.0. The van der Waals surface area contributed by atoms with E-state index >= 15 is 0 Å². The van der Waals surface area contributed by atoms with E-state index in [2.05, 4.69) is 34.2 Å². The lowest BCUT2D eigenvalue weighted by Gasteiger charge is -2.38. The Morgan fingerprint density at radius 3 is 2.82 bits per heavy atom. The predicted molar refractivity (Wildman–Crippen MR) is 64.5 cm³/mol. The fourth-order valence-electron chi connectivity index (χ4n) is 2.33. The first-order valence-electron chi connectivity index (χ1n) is 5.99. The standard InChI is InChI=1S/C11H21N5O/c1-14-4-5-15(2)9(8-14)6-11(17)10-7-12-13-16(10)3/h7,9,11,17H,4-6,8H2,1-3H3. The average Bonchev–Trinajstić information content (AvgIpc) is 2.70. The molecule has 1 saturated heterocycles. The Kier molecular flexibility index (Phi) is 3.76. The number of nitrogens with zero attached hydrogens (tertiary/aromatic N) is 5. The van der Waals surface area contributed by atoms with Crippen LogP contribution in [0.2, 0.25) is 0 Å². The molecule has 2 heterocycles. The van der Waals surface area contributed by atoms with E-state index in [0.717, 1.165) is 31.7 Å². The molecule has 0 saturated carbocycles. The van der Waals surface area contributed by atoms with Crippen LogP contribution in [0.25, 0.3) is 0 Å². The average molecular weight is 239 g/mol. The predicted octanol–water partition coefficient (Wildman–Crippen LogP) is -0.516. The van der Waals surface area contributed by atoms with Crippen LogP contribution >= 0.6 is 0 Å². The lowest BCUT2D eigenvalue weighted by Crippen LogP contribution is -2.50. The molecular formula is C11H21N5O. The van der Waals surface area contributed by atoms with Gasteiger partial charge in [0, 0.05) is 32.7 Å². The Morgan fingerprint density at radius 1 is 1.41 bits per heavy atom. The first kappa shape index (κ1) is 12.5. The molecule has 0 spiro atoms. The molecule has 0 radical (unpaired) electrons. The minimum atomic E-state index is -0.492. The molecule has 6 heteroatoms. The number of aryl methyl sites for hydroxylation is 1. The molecule has 2 atom stereocenters. The molecule has 96 valence electrons. The van der Waals surface area contributed by atoms with Crippen LogP contribution in [0.4, 0.5) is 0 Å². The van der Waals surface area contributed by atoms with Crippen molar-refractivity contribution in [2.24, 2.45) is 7.05 Å². The highest BCUT2D eigenvalue weighted by Gasteiger charge is 2.26. The summed E-state index contributed by atoms with van der Waals surface area (Å²) in [6.07, 6.45) is 1.87. The maximum atomic E-state index is 10.2. The molecule has 17 heavy (non-hydrogen) atoms. The number of aliphatic hydroxyl groups excluding tert-OH is 1. The largest absolute Gasteiger partial charge is 0.387 e. The second-order valence-corrected chi connectivity index (χ2v) is 4.93. The summed E-state index contributed by atoms with van der Waals surface area (Å²) in [4.78, 5) is 4.62. The SMILES string of the molecule is CN1CCN(C)C(CC(O)c2cnnn2C)C1. The van der Waals surface area contributed by atoms with Gasteiger partial charge in [0.05, 0.1) is 18.0 Å². The summed E-state index contributed by atoms with van der Waals surface area (Å²) in [7, 11) is 6.05. The summed E-state index contributed by atoms with van der Waals surface area (Å²) in [6, 6.07) is 0.388. The number of piperazine rings is 1. The van der Waals surface area contributed by atoms with Crippen LogP contribution in [0.1, 0.15) is 18.2 Å². The molecule has 2 unspecified atom stereocenters. The summed E-state index contributed by atoms with van der Waals surface area (Å²) in [5.74, 6) is 0. The highest BCUT2D eigenvalue weighted by Crippen LogP contribution is 2.20. The third kappa shape index (κ3) is 2.83. The van der Waals surface area contributed by atoms with Crippen molar-refractivity contribution in [1.82, 2.24) is 24.8 Å². The zero-order chi connectivity index (χ0) is 12.4. The van der Waals surface area contributed by atoms with E-state index in [1.165, 1.54) is 0 Å². The number of likely N-dealkylation sites (N-methyl/N-ethyl adjacent to an activating group) is 2. The second kappa shape index (κ2) is 5.12. The normalized spacial score (nSPS) is 25.1. The van der Waals surface area contributed by atoms with Gasteiger partial charge in [0.1, 0.15) is 0 Å². The maximum absolute atomic E-state index is 10.2. The smallest absolute Gasteiger partial charge is 0.0988 e. The zero-order valence-electron chi connectivity index (χ0n) is 10.7. The molecule has 6 nitrogen and oxygen atoms in total. The van der Waals surface area contributed by atoms with Crippen LogP contribution in [0.15, 0.2) is 6.20 Å². The van der Waals surface area contributed by atoms with Gasteiger partial charge in [0.15, 0.2) is 0 Å². The van der Waals surface area contributed by atoms with Crippen molar-refractivity contribution in [3.63, 3.8) is 0 Å². The van der Waals surface area contributed by atoms with Gasteiger partial charge < -0.3 is 14.9 Å². The second-order valence-electron chi connectivity index (χ2n) is 4.93. The molecule has 0 amide bonds. The summed E-state index contributed by atoms with van der Waals surface area (Å²) < 4.78 is 1.64. The summed E-state index contributed by atoms with van der Waals surface area (Å²) in [5.41, 5.74) is 0.784. The van der Waals surface area contributed by atoms with Gasteiger partial charge in [-0.1, -0.05) is 5.21 Å². The molecule has 1 aliphatic rings. The van der Waals surface area contributed by atoms with Gasteiger partial charge in [-0.25, -0.2) is 4.68 Å². The van der Waals surface area contributed by atoms with E-state index in [1.807, 2.05) is 7.05 Å². The lowest BCUT2D eigenvalue weighted by molar-refractivity contribution is 0.0605. The minimum absolute atomic E-state index is 0.388. The molecular weight excluding hydrogens is 218 g/mol. The van der Waals surface area contributed by atoms with Gasteiger partial charge in [0.25, 0.3) is 0 Å². The summed E-state index contributed by atoms with van der Waals surface area (Å²) in [6.45, 7) is 3.15. The van der Waals surface area contributed by atoms with Crippen molar-refractivity contribution >= 4 is 0 Å². The Labute approximate surface area is 102 Å². The molecule has 0 bridgehead atoms. The number of hydrogen-bond acceptors (Lipinski definition) is 5. The van der Waals surface area contributed by atoms with Crippen molar-refractivity contribution in [3.8, 4) is 0 Å². The van der Waals surface area contributed by atoms with E-state index in [4.69, 9.17) is 0 Å². The number of hydrogen-bond donors (Lipinski definition) is 1. The van der Waals surface area contributed by atoms with Crippen molar-refractivity contribution in [2.45, 2.75) is 18.6 Å². The van der Waals surface area contributed by atoms with Gasteiger partial charge >= 0.3 is 0 Å². The van der Waals surface area contributed by atoms with Crippen LogP contribution in [-0.2, 0) is 7.05 Å². The van der Waals surface area contributed by atoms with Gasteiger partial charge in [-0.15, -0.1) is 5.10 Å². The Hall–Kier alpha value is -0.980. The molecule has 2 rings (SSSR count). The number of aliphatic hydroxyl groups is 1. The van der Waals surface area contributed by atoms with E-state index in [0.29, 0.717) is 6.04 Å². The molecule has 0 aliphatic carbocycles. The highest BCUT2D eigenvalue weighted by molar-refractivity contribution is 5.00. The van der Waals surface area contributed by atoms with Gasteiger partial charge in [-0.3, -0.25) is 0 Å². The first-order chi connectivity index (χ1) is 8.08. The van der Waals surface area contributed by atoms with E-state index in [9.17, 15) is 5.11 Å². The molecule has 0 aromatic carbocycles. The molecule has 1 fully saturated rings. The first-order valence-corrected chi connectivity index (χ1v) is 5.99. The Balaban J connectivity index is 1.98. The van der Waals surface area contributed by atoms with Crippen LogP contribution in [0, 0.1) is 0 Å². The van der Waals surface area contributed by atoms with Crippen molar-refractivity contribution in [2.75, 3.05) is 33.7 Å². The number of rotatable bonds is 3. The molecule has 1 aliphatic heterocycles. The topological polar surface area (TPSA) is 57.4 Å². The zero-order valence-corrected chi connectivity index (χ0v) is 10.7. The maximum Gasteiger partial charge on any atom is 0.0988 e. The van der Waals surface area contributed by atoms with Crippen molar-refractivity contribution in [3.05, 3.63) is 11.9 Å². The Morgan fingerprint density at radius 2 is 2.18 bits per heavy atom. The van der Waals surface area contributed by atoms with Crippen LogP contribution < -0.4 is 0 Å². The van der Waals surface area contributed by atoms with E-state index < -0.39 is 6.10 Å². The quantitative estimate of drug-likeness (QED) is 0.769. The minimum Gasteiger partial charge on any atom is -0.387 e. The molecule has 1 aromatic heterocycles. The van der Waals surface area contributed by atoms with Crippen LogP contribution in [0.5, 0.6) is 0 Å². The summed E-state index contributed by atoms with van der Waals surface area (Å²) in [5, 5.41) is 17.8. The third-order valence-corrected chi connectivity index (χ3v) is 3.57. The highest BCUT2D eigenvalue weighted by atomic mass is 16.3. The van der Waals surface area contributed by atoms with Crippen molar-refractivity contribution < 1.29 is 5.11 Å². The molecule has 1 N–H and O–H groups in total. The fourth-order valence-corrected chi connectivity index (χ4v) is 2.33. The van der Waals surface area contributed by atoms with E-state index in [-0.39, 0.29) is 0 Å². The van der Waals surface area contributed by atoms with Crippen LogP contribution in [0.3, 0.4) is 0 Å². The summed E-state index contributed by atoms with van der Waals surface area (Å²) >= 11 is 0. The third-order valence-electron chi connectivity index (χ3n) is 3.57. The fraction of sp³-hybridized carbons (Fsp3) is 0.818. The number of aromatic nitrogens is 3. The van der Waals surface area contributed by atoms with Gasteiger partial charge in [-0.05, 0) is 20.5 Å². The van der Waals surface area contributed by atoms with Crippen molar-refractivity contribution in [1.29, 1.82) is 0 Å². The van der Waals surface area contributed by atoms with Crippen LogP contribution in [-0.4, -0.2) is 69.7 Å². The monoisotopic (exact) mass is 239 g/mol.